The molecule has 2 rings (SSSR count). The Labute approximate surface area is 140 Å². The van der Waals surface area contributed by atoms with E-state index in [2.05, 4.69) is 0 Å². The number of aliphatic carboxylic acids is 1. The Hall–Kier alpha value is -2.89. The molecule has 0 bridgehead atoms. The second kappa shape index (κ2) is 8.10. The molecule has 0 heterocycles. The fraction of sp³-hybridized carbons (Fsp3) is 0.278. The maximum atomic E-state index is 11.5. The van der Waals surface area contributed by atoms with Crippen molar-refractivity contribution in [1.82, 2.24) is 0 Å². The van der Waals surface area contributed by atoms with E-state index in [1.54, 1.807) is 56.7 Å². The Morgan fingerprint density at radius 3 is 2.04 bits per heavy atom. The van der Waals surface area contributed by atoms with Gasteiger partial charge >= 0.3 is 5.97 Å². The molecule has 0 saturated carbocycles. The molecule has 0 unspecified atom stereocenters. The van der Waals surface area contributed by atoms with Gasteiger partial charge in [-0.25, -0.2) is 4.79 Å². The normalized spacial score (nSPS) is 11.5. The molecule has 6 nitrogen and oxygen atoms in total. The van der Waals surface area contributed by atoms with Crippen LogP contribution >= 0.6 is 0 Å². The third-order valence-corrected chi connectivity index (χ3v) is 3.51. The van der Waals surface area contributed by atoms with Gasteiger partial charge in [-0.15, -0.1) is 0 Å². The molecule has 0 aromatic heterocycles. The van der Waals surface area contributed by atoms with Crippen molar-refractivity contribution in [3.8, 4) is 23.0 Å². The zero-order chi connectivity index (χ0) is 17.5. The van der Waals surface area contributed by atoms with E-state index < -0.39 is 12.1 Å². The largest absolute Gasteiger partial charge is 0.497 e. The number of hydrogen-bond acceptors (Lipinski definition) is 5. The lowest BCUT2D eigenvalue weighted by molar-refractivity contribution is -0.145. The van der Waals surface area contributed by atoms with Crippen LogP contribution in [-0.2, 0) is 11.2 Å². The molecule has 1 atom stereocenters. The van der Waals surface area contributed by atoms with Crippen LogP contribution < -0.4 is 18.9 Å². The lowest BCUT2D eigenvalue weighted by atomic mass is 10.1. The first kappa shape index (κ1) is 17.5. The highest BCUT2D eigenvalue weighted by molar-refractivity contribution is 5.73. The minimum Gasteiger partial charge on any atom is -0.497 e. The van der Waals surface area contributed by atoms with Gasteiger partial charge in [-0.1, -0.05) is 6.07 Å². The maximum absolute atomic E-state index is 11.5. The lowest BCUT2D eigenvalue weighted by Gasteiger charge is -2.17. The quantitative estimate of drug-likeness (QED) is 0.801. The summed E-state index contributed by atoms with van der Waals surface area (Å²) in [6.07, 6.45) is -0.880. The number of carboxylic acids is 1. The molecule has 0 fully saturated rings. The van der Waals surface area contributed by atoms with Gasteiger partial charge in [-0.05, 0) is 35.9 Å². The third-order valence-electron chi connectivity index (χ3n) is 3.51. The predicted octanol–water partition coefficient (Wildman–Crippen LogP) is 2.79. The summed E-state index contributed by atoms with van der Waals surface area (Å²) in [5, 5.41) is 9.45. The molecule has 24 heavy (non-hydrogen) atoms. The van der Waals surface area contributed by atoms with E-state index >= 15 is 0 Å². The number of rotatable bonds is 8. The number of benzene rings is 2. The first-order valence-corrected chi connectivity index (χ1v) is 7.31. The molecule has 2 aromatic carbocycles. The van der Waals surface area contributed by atoms with Gasteiger partial charge in [0.15, 0.2) is 6.10 Å². The van der Waals surface area contributed by atoms with Crippen LogP contribution in [0.25, 0.3) is 0 Å². The molecular weight excluding hydrogens is 312 g/mol. The van der Waals surface area contributed by atoms with Crippen molar-refractivity contribution in [2.24, 2.45) is 0 Å². The van der Waals surface area contributed by atoms with Crippen molar-refractivity contribution in [3.05, 3.63) is 48.0 Å². The van der Waals surface area contributed by atoms with Gasteiger partial charge in [0, 0.05) is 12.5 Å². The summed E-state index contributed by atoms with van der Waals surface area (Å²) < 4.78 is 21.1. The van der Waals surface area contributed by atoms with E-state index in [4.69, 9.17) is 18.9 Å². The summed E-state index contributed by atoms with van der Waals surface area (Å²) in [5.41, 5.74) is 0.721. The smallest absolute Gasteiger partial charge is 0.345 e. The second-order valence-electron chi connectivity index (χ2n) is 5.00. The van der Waals surface area contributed by atoms with Gasteiger partial charge in [0.2, 0.25) is 0 Å². The fourth-order valence-electron chi connectivity index (χ4n) is 2.22. The van der Waals surface area contributed by atoms with E-state index in [-0.39, 0.29) is 6.42 Å². The average Bonchev–Trinajstić information content (AvgIpc) is 2.61. The third kappa shape index (κ3) is 4.32. The highest BCUT2D eigenvalue weighted by Crippen LogP contribution is 2.27. The molecule has 6 heteroatoms. The Kier molecular flexibility index (Phi) is 5.89. The first-order chi connectivity index (χ1) is 11.6. The molecule has 0 spiro atoms. The molecule has 2 aromatic rings. The van der Waals surface area contributed by atoms with Crippen LogP contribution in [0.5, 0.6) is 23.0 Å². The SMILES string of the molecule is COc1ccc(O[C@@H](Cc2ccc(OC)cc2OC)C(=O)O)cc1. The summed E-state index contributed by atoms with van der Waals surface area (Å²) >= 11 is 0. The van der Waals surface area contributed by atoms with Gasteiger partial charge in [0.05, 0.1) is 21.3 Å². The summed E-state index contributed by atoms with van der Waals surface area (Å²) in [5.74, 6) is 1.27. The van der Waals surface area contributed by atoms with Crippen LogP contribution in [0.3, 0.4) is 0 Å². The first-order valence-electron chi connectivity index (χ1n) is 7.31. The minimum atomic E-state index is -1.05. The van der Waals surface area contributed by atoms with Crippen molar-refractivity contribution in [1.29, 1.82) is 0 Å². The summed E-state index contributed by atoms with van der Waals surface area (Å²) in [6, 6.07) is 12.0. The van der Waals surface area contributed by atoms with Crippen LogP contribution in [0, 0.1) is 0 Å². The standard InChI is InChI=1S/C18H20O6/c1-21-13-6-8-14(9-7-13)24-17(18(19)20)10-12-4-5-15(22-2)11-16(12)23-3/h4-9,11,17H,10H2,1-3H3,(H,19,20)/t17-/m0/s1. The molecule has 128 valence electrons. The maximum Gasteiger partial charge on any atom is 0.345 e. The van der Waals surface area contributed by atoms with Crippen molar-refractivity contribution in [2.45, 2.75) is 12.5 Å². The molecular formula is C18H20O6. The summed E-state index contributed by atoms with van der Waals surface area (Å²) in [7, 11) is 4.64. The van der Waals surface area contributed by atoms with E-state index in [1.807, 2.05) is 0 Å². The number of ether oxygens (including phenoxy) is 4. The second-order valence-corrected chi connectivity index (χ2v) is 5.00. The van der Waals surface area contributed by atoms with Crippen LogP contribution in [0.1, 0.15) is 5.56 Å². The summed E-state index contributed by atoms with van der Waals surface area (Å²) in [4.78, 5) is 11.5. The van der Waals surface area contributed by atoms with Gasteiger partial charge in [-0.3, -0.25) is 0 Å². The van der Waals surface area contributed by atoms with Gasteiger partial charge in [0.25, 0.3) is 0 Å². The molecule has 0 radical (unpaired) electrons. The van der Waals surface area contributed by atoms with Gasteiger partial charge in [0.1, 0.15) is 23.0 Å². The van der Waals surface area contributed by atoms with Crippen molar-refractivity contribution < 1.29 is 28.8 Å². The molecule has 0 aliphatic carbocycles. The van der Waals surface area contributed by atoms with E-state index in [0.29, 0.717) is 23.0 Å². The highest BCUT2D eigenvalue weighted by atomic mass is 16.5. The van der Waals surface area contributed by atoms with Crippen LogP contribution in [0.4, 0.5) is 0 Å². The Balaban J connectivity index is 2.17. The fourth-order valence-corrected chi connectivity index (χ4v) is 2.22. The van der Waals surface area contributed by atoms with Crippen LogP contribution in [0.15, 0.2) is 42.5 Å². The zero-order valence-electron chi connectivity index (χ0n) is 13.8. The Morgan fingerprint density at radius 1 is 0.917 bits per heavy atom. The predicted molar refractivity (Wildman–Crippen MR) is 88.3 cm³/mol. The van der Waals surface area contributed by atoms with Crippen molar-refractivity contribution in [3.63, 3.8) is 0 Å². The lowest BCUT2D eigenvalue weighted by Crippen LogP contribution is -2.29. The highest BCUT2D eigenvalue weighted by Gasteiger charge is 2.22. The van der Waals surface area contributed by atoms with Crippen molar-refractivity contribution >= 4 is 5.97 Å². The minimum absolute atomic E-state index is 0.161. The number of carboxylic acid groups (broad SMARTS) is 1. The van der Waals surface area contributed by atoms with Gasteiger partial charge in [-0.2, -0.15) is 0 Å². The van der Waals surface area contributed by atoms with Crippen molar-refractivity contribution in [2.75, 3.05) is 21.3 Å². The topological polar surface area (TPSA) is 74.2 Å². The number of hydrogen-bond donors (Lipinski definition) is 1. The molecule has 1 N–H and O–H groups in total. The number of methoxy groups -OCH3 is 3. The van der Waals surface area contributed by atoms with E-state index in [1.165, 1.54) is 7.11 Å². The monoisotopic (exact) mass is 332 g/mol. The van der Waals surface area contributed by atoms with Crippen LogP contribution in [-0.4, -0.2) is 38.5 Å². The van der Waals surface area contributed by atoms with Gasteiger partial charge < -0.3 is 24.1 Å². The Morgan fingerprint density at radius 2 is 1.50 bits per heavy atom. The number of carbonyl (C=O) groups is 1. The molecule has 0 amide bonds. The summed E-state index contributed by atoms with van der Waals surface area (Å²) in [6.45, 7) is 0. The zero-order valence-corrected chi connectivity index (χ0v) is 13.8. The molecule has 0 aliphatic heterocycles. The Bertz CT molecular complexity index is 680. The van der Waals surface area contributed by atoms with E-state index in [0.717, 1.165) is 5.56 Å². The molecule has 0 aliphatic rings. The van der Waals surface area contributed by atoms with Crippen LogP contribution in [0.2, 0.25) is 0 Å². The molecule has 0 saturated heterocycles. The van der Waals surface area contributed by atoms with E-state index in [9.17, 15) is 9.90 Å². The average molecular weight is 332 g/mol.